The van der Waals surface area contributed by atoms with E-state index in [1.54, 1.807) is 0 Å². The van der Waals surface area contributed by atoms with Crippen molar-refractivity contribution in [2.45, 2.75) is 39.2 Å². The van der Waals surface area contributed by atoms with Crippen LogP contribution in [0.3, 0.4) is 0 Å². The molecular formula is C15H20N2O4. The van der Waals surface area contributed by atoms with Crippen LogP contribution in [0.5, 0.6) is 0 Å². The van der Waals surface area contributed by atoms with E-state index in [-0.39, 0.29) is 17.3 Å². The minimum absolute atomic E-state index is 0.0556. The first-order valence-electron chi connectivity index (χ1n) is 7.15. The van der Waals surface area contributed by atoms with Gasteiger partial charge in [0.15, 0.2) is 0 Å². The van der Waals surface area contributed by atoms with Gasteiger partial charge in [-0.2, -0.15) is 0 Å². The molecule has 2 rings (SSSR count). The lowest BCUT2D eigenvalue weighted by molar-refractivity contribution is -0.384. The molecule has 0 spiro atoms. The molecule has 1 fully saturated rings. The number of carboxylic acids is 1. The summed E-state index contributed by atoms with van der Waals surface area (Å²) in [6, 6.07) is 4.01. The number of nitro benzene ring substituents is 1. The van der Waals surface area contributed by atoms with Crippen LogP contribution < -0.4 is 5.32 Å². The highest BCUT2D eigenvalue weighted by atomic mass is 16.6. The van der Waals surface area contributed by atoms with Crippen molar-refractivity contribution in [1.82, 2.24) is 0 Å². The molecule has 0 aromatic heterocycles. The number of hydrogen-bond donors (Lipinski definition) is 2. The zero-order chi connectivity index (χ0) is 15.6. The fourth-order valence-electron chi connectivity index (χ4n) is 3.23. The molecule has 0 bridgehead atoms. The van der Waals surface area contributed by atoms with Gasteiger partial charge in [0.05, 0.1) is 10.5 Å². The standard InChI is InChI=1S/C15H20N2O4/c1-9-5-10(2)7-12(6-9)16-13-8-11(15(18)19)3-4-14(13)17(20)21/h3-4,8-10,12,16H,5-7H2,1-2H3,(H,18,19). The largest absolute Gasteiger partial charge is 0.478 e. The van der Waals surface area contributed by atoms with Gasteiger partial charge in [-0.25, -0.2) is 4.79 Å². The summed E-state index contributed by atoms with van der Waals surface area (Å²) < 4.78 is 0. The van der Waals surface area contributed by atoms with Crippen LogP contribution in [-0.2, 0) is 0 Å². The van der Waals surface area contributed by atoms with E-state index >= 15 is 0 Å². The predicted octanol–water partition coefficient (Wildman–Crippen LogP) is 3.53. The summed E-state index contributed by atoms with van der Waals surface area (Å²) in [4.78, 5) is 21.6. The predicted molar refractivity (Wildman–Crippen MR) is 79.6 cm³/mol. The molecule has 6 heteroatoms. The molecule has 2 N–H and O–H groups in total. The van der Waals surface area contributed by atoms with Crippen molar-refractivity contribution in [1.29, 1.82) is 0 Å². The summed E-state index contributed by atoms with van der Waals surface area (Å²) in [6.45, 7) is 4.35. The summed E-state index contributed by atoms with van der Waals surface area (Å²) in [6.07, 6.45) is 3.05. The maximum Gasteiger partial charge on any atom is 0.335 e. The van der Waals surface area contributed by atoms with Gasteiger partial charge < -0.3 is 10.4 Å². The Kier molecular flexibility index (Phi) is 4.45. The van der Waals surface area contributed by atoms with Crippen LogP contribution in [0, 0.1) is 22.0 Å². The molecule has 0 saturated heterocycles. The van der Waals surface area contributed by atoms with Crippen LogP contribution in [-0.4, -0.2) is 22.0 Å². The minimum atomic E-state index is -1.08. The van der Waals surface area contributed by atoms with Crippen molar-refractivity contribution >= 4 is 17.3 Å². The number of nitrogens with zero attached hydrogens (tertiary/aromatic N) is 1. The Labute approximate surface area is 123 Å². The van der Waals surface area contributed by atoms with E-state index in [9.17, 15) is 14.9 Å². The van der Waals surface area contributed by atoms with Gasteiger partial charge in [-0.1, -0.05) is 13.8 Å². The van der Waals surface area contributed by atoms with Crippen LogP contribution >= 0.6 is 0 Å². The molecular weight excluding hydrogens is 272 g/mol. The second-order valence-electron chi connectivity index (χ2n) is 6.05. The van der Waals surface area contributed by atoms with Crippen molar-refractivity contribution in [3.05, 3.63) is 33.9 Å². The molecule has 6 nitrogen and oxygen atoms in total. The molecule has 1 aromatic rings. The summed E-state index contributed by atoms with van der Waals surface area (Å²) in [5.41, 5.74) is 0.275. The molecule has 114 valence electrons. The number of nitro groups is 1. The topological polar surface area (TPSA) is 92.5 Å². The quantitative estimate of drug-likeness (QED) is 0.654. The van der Waals surface area contributed by atoms with Gasteiger partial charge >= 0.3 is 5.97 Å². The van der Waals surface area contributed by atoms with Crippen LogP contribution in [0.2, 0.25) is 0 Å². The molecule has 1 aromatic carbocycles. The Morgan fingerprint density at radius 3 is 2.43 bits per heavy atom. The van der Waals surface area contributed by atoms with Gasteiger partial charge in [-0.3, -0.25) is 10.1 Å². The lowest BCUT2D eigenvalue weighted by Gasteiger charge is -2.32. The van der Waals surface area contributed by atoms with E-state index in [4.69, 9.17) is 5.11 Å². The van der Waals surface area contributed by atoms with E-state index in [0.717, 1.165) is 19.3 Å². The molecule has 1 aliphatic carbocycles. The van der Waals surface area contributed by atoms with Crippen LogP contribution in [0.25, 0.3) is 0 Å². The van der Waals surface area contributed by atoms with E-state index < -0.39 is 10.9 Å². The zero-order valence-corrected chi connectivity index (χ0v) is 12.2. The van der Waals surface area contributed by atoms with E-state index in [1.807, 2.05) is 0 Å². The first kappa shape index (κ1) is 15.3. The monoisotopic (exact) mass is 292 g/mol. The highest BCUT2D eigenvalue weighted by Gasteiger charge is 2.26. The van der Waals surface area contributed by atoms with Crippen LogP contribution in [0.4, 0.5) is 11.4 Å². The zero-order valence-electron chi connectivity index (χ0n) is 12.2. The fraction of sp³-hybridized carbons (Fsp3) is 0.533. The average Bonchev–Trinajstić information content (AvgIpc) is 2.36. The Hall–Kier alpha value is -2.11. The van der Waals surface area contributed by atoms with Gasteiger partial charge in [0.2, 0.25) is 0 Å². The molecule has 2 atom stereocenters. The maximum atomic E-state index is 11.1. The molecule has 21 heavy (non-hydrogen) atoms. The van der Waals surface area contributed by atoms with Crippen LogP contribution in [0.1, 0.15) is 43.5 Å². The number of nitrogens with one attached hydrogen (secondary N) is 1. The molecule has 0 aliphatic heterocycles. The number of anilines is 1. The highest BCUT2D eigenvalue weighted by molar-refractivity contribution is 5.90. The van der Waals surface area contributed by atoms with Gasteiger partial charge in [0.1, 0.15) is 5.69 Å². The average molecular weight is 292 g/mol. The molecule has 1 saturated carbocycles. The lowest BCUT2D eigenvalue weighted by Crippen LogP contribution is -2.30. The maximum absolute atomic E-state index is 11.1. The summed E-state index contributed by atoms with van der Waals surface area (Å²) in [5, 5.41) is 23.3. The molecule has 2 unspecified atom stereocenters. The van der Waals surface area contributed by atoms with Crippen molar-refractivity contribution in [3.63, 3.8) is 0 Å². The number of rotatable bonds is 4. The van der Waals surface area contributed by atoms with Crippen molar-refractivity contribution in [2.24, 2.45) is 11.8 Å². The lowest BCUT2D eigenvalue weighted by atomic mass is 9.80. The molecule has 0 amide bonds. The number of aromatic carboxylic acids is 1. The van der Waals surface area contributed by atoms with Gasteiger partial charge in [0, 0.05) is 12.1 Å². The van der Waals surface area contributed by atoms with E-state index in [1.165, 1.54) is 18.2 Å². The van der Waals surface area contributed by atoms with Gasteiger partial charge in [0.25, 0.3) is 5.69 Å². The Morgan fingerprint density at radius 2 is 1.90 bits per heavy atom. The van der Waals surface area contributed by atoms with Crippen molar-refractivity contribution < 1.29 is 14.8 Å². The third-order valence-electron chi connectivity index (χ3n) is 3.98. The van der Waals surface area contributed by atoms with E-state index in [0.29, 0.717) is 17.5 Å². The minimum Gasteiger partial charge on any atom is -0.478 e. The summed E-state index contributed by atoms with van der Waals surface area (Å²) in [5.74, 6) is 0.0410. The Balaban J connectivity index is 2.26. The second kappa shape index (κ2) is 6.11. The Bertz CT molecular complexity index is 549. The highest BCUT2D eigenvalue weighted by Crippen LogP contribution is 2.33. The second-order valence-corrected chi connectivity index (χ2v) is 6.05. The number of carbonyl (C=O) groups is 1. The van der Waals surface area contributed by atoms with Gasteiger partial charge in [-0.05, 0) is 43.2 Å². The number of carboxylic acid groups (broad SMARTS) is 1. The number of benzene rings is 1. The summed E-state index contributed by atoms with van der Waals surface area (Å²) >= 11 is 0. The smallest absolute Gasteiger partial charge is 0.335 e. The van der Waals surface area contributed by atoms with Crippen LogP contribution in [0.15, 0.2) is 18.2 Å². The number of hydrogen-bond acceptors (Lipinski definition) is 4. The fourth-order valence-corrected chi connectivity index (χ4v) is 3.23. The third kappa shape index (κ3) is 3.71. The molecule has 0 heterocycles. The van der Waals surface area contributed by atoms with Crippen molar-refractivity contribution in [2.75, 3.05) is 5.32 Å². The molecule has 1 aliphatic rings. The van der Waals surface area contributed by atoms with Crippen molar-refractivity contribution in [3.8, 4) is 0 Å². The normalized spacial score (nSPS) is 25.3. The Morgan fingerprint density at radius 1 is 1.29 bits per heavy atom. The SMILES string of the molecule is CC1CC(C)CC(Nc2cc(C(=O)O)ccc2[N+](=O)[O-])C1. The first-order valence-corrected chi connectivity index (χ1v) is 7.15. The molecule has 0 radical (unpaired) electrons. The summed E-state index contributed by atoms with van der Waals surface area (Å²) in [7, 11) is 0. The van der Waals surface area contributed by atoms with E-state index in [2.05, 4.69) is 19.2 Å². The third-order valence-corrected chi connectivity index (χ3v) is 3.98. The first-order chi connectivity index (χ1) is 9.86. The van der Waals surface area contributed by atoms with Gasteiger partial charge in [-0.15, -0.1) is 0 Å².